The molecule has 5 heteroatoms. The summed E-state index contributed by atoms with van der Waals surface area (Å²) in [5.41, 5.74) is 0.824. The van der Waals surface area contributed by atoms with E-state index in [4.69, 9.17) is 8.83 Å². The van der Waals surface area contributed by atoms with Gasteiger partial charge in [0.2, 0.25) is 0 Å². The van der Waals surface area contributed by atoms with Crippen molar-refractivity contribution in [1.82, 2.24) is 10.2 Å². The molecule has 1 N–H and O–H groups in total. The van der Waals surface area contributed by atoms with Gasteiger partial charge in [-0.3, -0.25) is 9.69 Å². The van der Waals surface area contributed by atoms with Gasteiger partial charge < -0.3 is 14.2 Å². The molecule has 0 radical (unpaired) electrons. The van der Waals surface area contributed by atoms with Crippen LogP contribution < -0.4 is 5.32 Å². The number of para-hydroxylation sites is 1. The van der Waals surface area contributed by atoms with Crippen molar-refractivity contribution in [1.29, 1.82) is 0 Å². The van der Waals surface area contributed by atoms with Crippen LogP contribution in [0.1, 0.15) is 47.9 Å². The summed E-state index contributed by atoms with van der Waals surface area (Å²) in [6.45, 7) is 4.88. The van der Waals surface area contributed by atoms with Gasteiger partial charge in [0, 0.05) is 5.39 Å². The van der Waals surface area contributed by atoms with Crippen molar-refractivity contribution in [2.24, 2.45) is 0 Å². The standard InChI is InChI=1S/C20H22N2O3/c1-14(19-12-15-6-2-3-7-17(15)25-19)21-20(23)18-9-8-16(24-18)13-22-10-4-5-11-22/h2-3,6-9,12,14H,4-5,10-11,13H2,1H3,(H,21,23). The van der Waals surface area contributed by atoms with Crippen molar-refractivity contribution in [3.63, 3.8) is 0 Å². The minimum Gasteiger partial charge on any atom is -0.459 e. The summed E-state index contributed by atoms with van der Waals surface area (Å²) in [6, 6.07) is 13.2. The molecule has 0 bridgehead atoms. The number of hydrogen-bond acceptors (Lipinski definition) is 4. The lowest BCUT2D eigenvalue weighted by atomic mass is 10.2. The minimum absolute atomic E-state index is 0.222. The third-order valence-corrected chi connectivity index (χ3v) is 4.68. The summed E-state index contributed by atoms with van der Waals surface area (Å²) in [5, 5.41) is 3.97. The molecule has 3 aromatic rings. The SMILES string of the molecule is CC(NC(=O)c1ccc(CN2CCCC2)o1)c1cc2ccccc2o1. The number of nitrogens with zero attached hydrogens (tertiary/aromatic N) is 1. The molecule has 0 saturated carbocycles. The fourth-order valence-electron chi connectivity index (χ4n) is 3.30. The van der Waals surface area contributed by atoms with Gasteiger partial charge >= 0.3 is 0 Å². The fraction of sp³-hybridized carbons (Fsp3) is 0.350. The molecule has 1 aliphatic heterocycles. The summed E-state index contributed by atoms with van der Waals surface area (Å²) in [7, 11) is 0. The van der Waals surface area contributed by atoms with E-state index in [0.29, 0.717) is 5.76 Å². The second-order valence-corrected chi connectivity index (χ2v) is 6.63. The van der Waals surface area contributed by atoms with Crippen molar-refractivity contribution in [2.45, 2.75) is 32.4 Å². The van der Waals surface area contributed by atoms with Crippen LogP contribution in [0.15, 0.2) is 51.3 Å². The van der Waals surface area contributed by atoms with E-state index in [0.717, 1.165) is 42.1 Å². The van der Waals surface area contributed by atoms with Crippen LogP contribution in [0.3, 0.4) is 0 Å². The van der Waals surface area contributed by atoms with Gasteiger partial charge in [-0.15, -0.1) is 0 Å². The quantitative estimate of drug-likeness (QED) is 0.760. The predicted molar refractivity (Wildman–Crippen MR) is 95.3 cm³/mol. The van der Waals surface area contributed by atoms with Crippen LogP contribution in [0, 0.1) is 0 Å². The summed E-state index contributed by atoms with van der Waals surface area (Å²) in [4.78, 5) is 14.8. The molecular formula is C20H22N2O3. The number of rotatable bonds is 5. The lowest BCUT2D eigenvalue weighted by molar-refractivity contribution is 0.0904. The fourth-order valence-corrected chi connectivity index (χ4v) is 3.30. The molecule has 1 saturated heterocycles. The van der Waals surface area contributed by atoms with Gasteiger partial charge in [-0.25, -0.2) is 0 Å². The predicted octanol–water partition coefficient (Wildman–Crippen LogP) is 4.11. The van der Waals surface area contributed by atoms with Gasteiger partial charge in [-0.1, -0.05) is 18.2 Å². The Morgan fingerprint density at radius 1 is 1.16 bits per heavy atom. The number of likely N-dealkylation sites (tertiary alicyclic amines) is 1. The normalized spacial score (nSPS) is 16.4. The summed E-state index contributed by atoms with van der Waals surface area (Å²) in [5.74, 6) is 1.69. The van der Waals surface area contributed by atoms with Crippen LogP contribution >= 0.6 is 0 Å². The largest absolute Gasteiger partial charge is 0.459 e. The minimum atomic E-state index is -0.230. The van der Waals surface area contributed by atoms with E-state index in [-0.39, 0.29) is 11.9 Å². The molecule has 3 heterocycles. The molecule has 0 aliphatic carbocycles. The van der Waals surface area contributed by atoms with Crippen molar-refractivity contribution < 1.29 is 13.6 Å². The lowest BCUT2D eigenvalue weighted by Crippen LogP contribution is -2.26. The smallest absolute Gasteiger partial charge is 0.287 e. The molecule has 25 heavy (non-hydrogen) atoms. The zero-order valence-corrected chi connectivity index (χ0v) is 14.3. The van der Waals surface area contributed by atoms with E-state index in [9.17, 15) is 4.79 Å². The molecule has 1 fully saturated rings. The third kappa shape index (κ3) is 3.46. The van der Waals surface area contributed by atoms with E-state index < -0.39 is 0 Å². The Labute approximate surface area is 146 Å². The first-order valence-electron chi connectivity index (χ1n) is 8.79. The number of furan rings is 2. The Hall–Kier alpha value is -2.53. The highest BCUT2D eigenvalue weighted by Gasteiger charge is 2.19. The number of carbonyl (C=O) groups is 1. The monoisotopic (exact) mass is 338 g/mol. The maximum Gasteiger partial charge on any atom is 0.287 e. The van der Waals surface area contributed by atoms with Gasteiger partial charge in [0.15, 0.2) is 5.76 Å². The highest BCUT2D eigenvalue weighted by molar-refractivity contribution is 5.91. The second kappa shape index (κ2) is 6.76. The van der Waals surface area contributed by atoms with E-state index in [1.165, 1.54) is 12.8 Å². The van der Waals surface area contributed by atoms with Gasteiger partial charge in [0.1, 0.15) is 17.1 Å². The van der Waals surface area contributed by atoms with Crippen LogP contribution in [0.25, 0.3) is 11.0 Å². The number of fused-ring (bicyclic) bond motifs is 1. The highest BCUT2D eigenvalue weighted by atomic mass is 16.4. The molecule has 1 aromatic carbocycles. The molecule has 5 nitrogen and oxygen atoms in total. The molecule has 1 unspecified atom stereocenters. The average molecular weight is 338 g/mol. The number of hydrogen-bond donors (Lipinski definition) is 1. The van der Waals surface area contributed by atoms with Crippen LogP contribution in [0.5, 0.6) is 0 Å². The number of benzene rings is 1. The number of nitrogens with one attached hydrogen (secondary N) is 1. The zero-order chi connectivity index (χ0) is 17.2. The van der Waals surface area contributed by atoms with Crippen LogP contribution in [-0.4, -0.2) is 23.9 Å². The van der Waals surface area contributed by atoms with E-state index in [1.807, 2.05) is 43.3 Å². The van der Waals surface area contributed by atoms with Gasteiger partial charge in [0.25, 0.3) is 5.91 Å². The van der Waals surface area contributed by atoms with Gasteiger partial charge in [-0.05, 0) is 57.1 Å². The average Bonchev–Trinajstić information content (AvgIpc) is 3.35. The maximum absolute atomic E-state index is 12.4. The first-order chi connectivity index (χ1) is 12.2. The first kappa shape index (κ1) is 16.0. The maximum atomic E-state index is 12.4. The third-order valence-electron chi connectivity index (χ3n) is 4.68. The molecule has 1 amide bonds. The Morgan fingerprint density at radius 2 is 1.96 bits per heavy atom. The topological polar surface area (TPSA) is 58.6 Å². The highest BCUT2D eigenvalue weighted by Crippen LogP contribution is 2.24. The zero-order valence-electron chi connectivity index (χ0n) is 14.3. The molecule has 0 spiro atoms. The molecule has 1 atom stereocenters. The molecule has 4 rings (SSSR count). The van der Waals surface area contributed by atoms with Gasteiger partial charge in [-0.2, -0.15) is 0 Å². The van der Waals surface area contributed by atoms with Crippen molar-refractivity contribution in [3.05, 3.63) is 59.7 Å². The Morgan fingerprint density at radius 3 is 2.76 bits per heavy atom. The lowest BCUT2D eigenvalue weighted by Gasteiger charge is -2.12. The number of amides is 1. The Balaban J connectivity index is 1.41. The number of carbonyl (C=O) groups excluding carboxylic acids is 1. The Bertz CT molecular complexity index is 841. The summed E-state index contributed by atoms with van der Waals surface area (Å²) in [6.07, 6.45) is 2.48. The van der Waals surface area contributed by atoms with E-state index in [1.54, 1.807) is 6.07 Å². The van der Waals surface area contributed by atoms with Crippen LogP contribution in [0.2, 0.25) is 0 Å². The first-order valence-corrected chi connectivity index (χ1v) is 8.79. The van der Waals surface area contributed by atoms with Crippen molar-refractivity contribution in [3.8, 4) is 0 Å². The van der Waals surface area contributed by atoms with Crippen LogP contribution in [-0.2, 0) is 6.54 Å². The van der Waals surface area contributed by atoms with E-state index >= 15 is 0 Å². The molecular weight excluding hydrogens is 316 g/mol. The molecule has 130 valence electrons. The van der Waals surface area contributed by atoms with Crippen LogP contribution in [0.4, 0.5) is 0 Å². The van der Waals surface area contributed by atoms with Crippen molar-refractivity contribution in [2.75, 3.05) is 13.1 Å². The van der Waals surface area contributed by atoms with Crippen molar-refractivity contribution >= 4 is 16.9 Å². The van der Waals surface area contributed by atoms with E-state index in [2.05, 4.69) is 10.2 Å². The molecule has 2 aromatic heterocycles. The second-order valence-electron chi connectivity index (χ2n) is 6.63. The Kier molecular flexibility index (Phi) is 4.32. The van der Waals surface area contributed by atoms with Gasteiger partial charge in [0.05, 0.1) is 12.6 Å². The summed E-state index contributed by atoms with van der Waals surface area (Å²) >= 11 is 0. The summed E-state index contributed by atoms with van der Waals surface area (Å²) < 4.78 is 11.5. The molecule has 1 aliphatic rings.